The van der Waals surface area contributed by atoms with Gasteiger partial charge in [0.05, 0.1) is 4.90 Å². The van der Waals surface area contributed by atoms with Crippen LogP contribution in [0.25, 0.3) is 0 Å². The summed E-state index contributed by atoms with van der Waals surface area (Å²) in [6.07, 6.45) is 3.30. The number of benzene rings is 1. The molecular formula is C12H17NO3S. The molecule has 0 bridgehead atoms. The Morgan fingerprint density at radius 3 is 2.65 bits per heavy atom. The fourth-order valence-electron chi connectivity index (χ4n) is 1.96. The summed E-state index contributed by atoms with van der Waals surface area (Å²) in [6.45, 7) is 2.55. The zero-order valence-electron chi connectivity index (χ0n) is 9.81. The molecule has 0 aromatic heterocycles. The quantitative estimate of drug-likeness (QED) is 0.863. The highest BCUT2D eigenvalue weighted by molar-refractivity contribution is 7.89. The van der Waals surface area contributed by atoms with E-state index in [1.165, 1.54) is 30.7 Å². The van der Waals surface area contributed by atoms with Crippen molar-refractivity contribution in [2.45, 2.75) is 31.1 Å². The molecule has 94 valence electrons. The van der Waals surface area contributed by atoms with Crippen LogP contribution in [0.15, 0.2) is 29.2 Å². The molecular weight excluding hydrogens is 238 g/mol. The number of hydrogen-bond donors (Lipinski definition) is 2. The van der Waals surface area contributed by atoms with Gasteiger partial charge in [-0.2, -0.15) is 0 Å². The molecule has 1 aromatic carbocycles. The van der Waals surface area contributed by atoms with Gasteiger partial charge in [-0.15, -0.1) is 0 Å². The number of phenols is 1. The minimum Gasteiger partial charge on any atom is -0.508 e. The first-order valence-corrected chi connectivity index (χ1v) is 7.18. The van der Waals surface area contributed by atoms with Crippen LogP contribution >= 0.6 is 0 Å². The second-order valence-corrected chi connectivity index (χ2v) is 6.75. The van der Waals surface area contributed by atoms with Gasteiger partial charge < -0.3 is 5.11 Å². The Kier molecular flexibility index (Phi) is 3.14. The summed E-state index contributed by atoms with van der Waals surface area (Å²) >= 11 is 0. The molecule has 0 amide bonds. The second-order valence-electron chi connectivity index (χ2n) is 4.99. The fourth-order valence-corrected chi connectivity index (χ4v) is 3.20. The Morgan fingerprint density at radius 1 is 1.41 bits per heavy atom. The Hall–Kier alpha value is -1.07. The average Bonchev–Trinajstić information content (AvgIpc) is 2.24. The number of rotatable bonds is 4. The van der Waals surface area contributed by atoms with Crippen molar-refractivity contribution in [1.29, 1.82) is 0 Å². The maximum Gasteiger partial charge on any atom is 0.240 e. The molecule has 1 saturated carbocycles. The molecule has 0 saturated heterocycles. The van der Waals surface area contributed by atoms with E-state index in [1.807, 2.05) is 0 Å². The van der Waals surface area contributed by atoms with Gasteiger partial charge in [-0.05, 0) is 36.5 Å². The molecule has 17 heavy (non-hydrogen) atoms. The monoisotopic (exact) mass is 255 g/mol. The zero-order valence-corrected chi connectivity index (χ0v) is 10.6. The summed E-state index contributed by atoms with van der Waals surface area (Å²) in [5.41, 5.74) is 0.101. The van der Waals surface area contributed by atoms with Gasteiger partial charge >= 0.3 is 0 Å². The molecule has 5 heteroatoms. The molecule has 1 aliphatic carbocycles. The molecule has 4 nitrogen and oxygen atoms in total. The molecule has 2 rings (SSSR count). The average molecular weight is 255 g/mol. The van der Waals surface area contributed by atoms with Crippen LogP contribution in [0.1, 0.15) is 26.2 Å². The van der Waals surface area contributed by atoms with Crippen molar-refractivity contribution >= 4 is 10.0 Å². The highest BCUT2D eigenvalue weighted by Crippen LogP contribution is 2.39. The minimum absolute atomic E-state index is 0.0391. The molecule has 0 heterocycles. The highest BCUT2D eigenvalue weighted by atomic mass is 32.2. The predicted octanol–water partition coefficient (Wildman–Crippen LogP) is 1.86. The normalized spacial score (nSPS) is 18.6. The zero-order chi connectivity index (χ0) is 12.5. The van der Waals surface area contributed by atoms with Crippen molar-refractivity contribution in [2.75, 3.05) is 6.54 Å². The minimum atomic E-state index is -3.50. The lowest BCUT2D eigenvalue weighted by atomic mass is 9.71. The first-order valence-electron chi connectivity index (χ1n) is 5.70. The summed E-state index contributed by atoms with van der Waals surface area (Å²) in [5.74, 6) is -0.0391. The number of phenolic OH excluding ortho intramolecular Hbond substituents is 1. The van der Waals surface area contributed by atoms with E-state index in [0.29, 0.717) is 6.54 Å². The third kappa shape index (κ3) is 2.79. The molecule has 2 N–H and O–H groups in total. The van der Waals surface area contributed by atoms with Gasteiger partial charge in [0.1, 0.15) is 5.75 Å². The van der Waals surface area contributed by atoms with Crippen LogP contribution in [-0.4, -0.2) is 20.1 Å². The van der Waals surface area contributed by atoms with Crippen LogP contribution in [0.5, 0.6) is 5.75 Å². The van der Waals surface area contributed by atoms with Crippen LogP contribution in [0.3, 0.4) is 0 Å². The van der Waals surface area contributed by atoms with E-state index in [1.54, 1.807) is 0 Å². The lowest BCUT2D eigenvalue weighted by molar-refractivity contribution is 0.166. The maximum absolute atomic E-state index is 11.9. The first kappa shape index (κ1) is 12.4. The summed E-state index contributed by atoms with van der Waals surface area (Å²) in [7, 11) is -3.50. The number of hydrogen-bond acceptors (Lipinski definition) is 3. The van der Waals surface area contributed by atoms with E-state index >= 15 is 0 Å². The molecule has 1 aliphatic rings. The van der Waals surface area contributed by atoms with E-state index in [9.17, 15) is 13.5 Å². The van der Waals surface area contributed by atoms with Crippen molar-refractivity contribution in [3.8, 4) is 5.75 Å². The van der Waals surface area contributed by atoms with E-state index in [0.717, 1.165) is 12.8 Å². The smallest absolute Gasteiger partial charge is 0.240 e. The molecule has 1 aromatic rings. The predicted molar refractivity (Wildman–Crippen MR) is 65.3 cm³/mol. The van der Waals surface area contributed by atoms with Crippen LogP contribution < -0.4 is 4.72 Å². The molecule has 0 atom stereocenters. The third-order valence-corrected chi connectivity index (χ3v) is 4.78. The Balaban J connectivity index is 2.08. The molecule has 0 unspecified atom stereocenters. The molecule has 0 aliphatic heterocycles. The largest absolute Gasteiger partial charge is 0.508 e. The van der Waals surface area contributed by atoms with E-state index in [2.05, 4.69) is 11.6 Å². The topological polar surface area (TPSA) is 66.4 Å². The van der Waals surface area contributed by atoms with Crippen LogP contribution in [0.4, 0.5) is 0 Å². The van der Waals surface area contributed by atoms with Gasteiger partial charge in [0.2, 0.25) is 10.0 Å². The lowest BCUT2D eigenvalue weighted by Gasteiger charge is -2.38. The Morgan fingerprint density at radius 2 is 2.12 bits per heavy atom. The van der Waals surface area contributed by atoms with Crippen molar-refractivity contribution in [3.63, 3.8) is 0 Å². The van der Waals surface area contributed by atoms with Crippen LogP contribution in [0, 0.1) is 5.41 Å². The third-order valence-electron chi connectivity index (χ3n) is 3.38. The fraction of sp³-hybridized carbons (Fsp3) is 0.500. The molecule has 0 radical (unpaired) electrons. The molecule has 0 spiro atoms. The van der Waals surface area contributed by atoms with Gasteiger partial charge in [0.15, 0.2) is 0 Å². The molecule has 1 fully saturated rings. The second kappa shape index (κ2) is 4.31. The number of aromatic hydroxyl groups is 1. The van der Waals surface area contributed by atoms with Gasteiger partial charge in [-0.3, -0.25) is 0 Å². The first-order chi connectivity index (χ1) is 7.91. The van der Waals surface area contributed by atoms with Crippen molar-refractivity contribution in [3.05, 3.63) is 24.3 Å². The number of sulfonamides is 1. The van der Waals surface area contributed by atoms with E-state index in [-0.39, 0.29) is 16.1 Å². The lowest BCUT2D eigenvalue weighted by Crippen LogP contribution is -2.39. The van der Waals surface area contributed by atoms with Crippen molar-refractivity contribution in [2.24, 2.45) is 5.41 Å². The van der Waals surface area contributed by atoms with Gasteiger partial charge in [0.25, 0.3) is 0 Å². The SMILES string of the molecule is CC1(CNS(=O)(=O)c2cccc(O)c2)CCC1. The van der Waals surface area contributed by atoms with Crippen LogP contribution in [0.2, 0.25) is 0 Å². The van der Waals surface area contributed by atoms with Crippen LogP contribution in [-0.2, 0) is 10.0 Å². The van der Waals surface area contributed by atoms with Gasteiger partial charge in [-0.25, -0.2) is 13.1 Å². The summed E-state index contributed by atoms with van der Waals surface area (Å²) < 4.78 is 26.5. The Labute approximate surface area is 102 Å². The highest BCUT2D eigenvalue weighted by Gasteiger charge is 2.33. The summed E-state index contributed by atoms with van der Waals surface area (Å²) in [4.78, 5) is 0.112. The number of nitrogens with one attached hydrogen (secondary N) is 1. The van der Waals surface area contributed by atoms with Gasteiger partial charge in [0, 0.05) is 6.54 Å². The maximum atomic E-state index is 11.9. The van der Waals surface area contributed by atoms with Crippen molar-refractivity contribution < 1.29 is 13.5 Å². The van der Waals surface area contributed by atoms with Crippen molar-refractivity contribution in [1.82, 2.24) is 4.72 Å². The van der Waals surface area contributed by atoms with E-state index in [4.69, 9.17) is 0 Å². The van der Waals surface area contributed by atoms with E-state index < -0.39 is 10.0 Å². The Bertz CT molecular complexity index is 506. The summed E-state index contributed by atoms with van der Waals surface area (Å²) in [5, 5.41) is 9.27. The standard InChI is InChI=1S/C12H17NO3S/c1-12(6-3-7-12)9-13-17(15,16)11-5-2-4-10(14)8-11/h2,4-5,8,13-14H,3,6-7,9H2,1H3. The summed E-state index contributed by atoms with van der Waals surface area (Å²) in [6, 6.07) is 5.71. The van der Waals surface area contributed by atoms with Gasteiger partial charge in [-0.1, -0.05) is 19.4 Å².